The van der Waals surface area contributed by atoms with Crippen LogP contribution in [0.2, 0.25) is 0 Å². The molecule has 1 fully saturated rings. The second kappa shape index (κ2) is 6.90. The molecule has 1 heterocycles. The molecule has 0 bridgehead atoms. The first-order chi connectivity index (χ1) is 11.8. The molecule has 2 heteroatoms. The summed E-state index contributed by atoms with van der Waals surface area (Å²) in [4.78, 5) is 1.40. The lowest BCUT2D eigenvalue weighted by Gasteiger charge is -2.32. The Morgan fingerprint density at radius 3 is 2.46 bits per heavy atom. The minimum absolute atomic E-state index is 0.635. The fourth-order valence-corrected chi connectivity index (χ4v) is 5.06. The average molecular weight is 334 g/mol. The van der Waals surface area contributed by atoms with Crippen molar-refractivity contribution in [1.29, 1.82) is 0 Å². The number of ether oxygens (including phenoxy) is 1. The van der Waals surface area contributed by atoms with Crippen molar-refractivity contribution in [3.05, 3.63) is 77.4 Å². The van der Waals surface area contributed by atoms with Crippen molar-refractivity contribution in [2.75, 3.05) is 7.11 Å². The molecule has 2 aliphatic rings. The molecule has 1 unspecified atom stereocenters. The van der Waals surface area contributed by atoms with Crippen LogP contribution in [0.1, 0.15) is 36.8 Å². The lowest BCUT2D eigenvalue weighted by molar-refractivity contribution is 0.415. The van der Waals surface area contributed by atoms with Gasteiger partial charge in [0.25, 0.3) is 0 Å². The van der Waals surface area contributed by atoms with Gasteiger partial charge in [-0.1, -0.05) is 48.9 Å². The molecule has 2 aromatic rings. The number of allylic oxidation sites excluding steroid dienone is 2. The highest BCUT2D eigenvalue weighted by molar-refractivity contribution is 8.09. The van der Waals surface area contributed by atoms with Gasteiger partial charge in [0.1, 0.15) is 5.75 Å². The highest BCUT2D eigenvalue weighted by atomic mass is 32.2. The van der Waals surface area contributed by atoms with Crippen molar-refractivity contribution >= 4 is 22.2 Å². The molecule has 24 heavy (non-hydrogen) atoms. The number of benzene rings is 2. The zero-order valence-corrected chi connectivity index (χ0v) is 14.8. The molecule has 1 nitrogen and oxygen atoms in total. The third kappa shape index (κ3) is 3.03. The Morgan fingerprint density at radius 1 is 0.917 bits per heavy atom. The van der Waals surface area contributed by atoms with E-state index in [0.29, 0.717) is 5.25 Å². The summed E-state index contributed by atoms with van der Waals surface area (Å²) in [6, 6.07) is 19.3. The third-order valence-electron chi connectivity index (χ3n) is 4.90. The molecule has 1 atom stereocenters. The monoisotopic (exact) mass is 334 g/mol. The molecule has 0 radical (unpaired) electrons. The van der Waals surface area contributed by atoms with Crippen LogP contribution in [-0.4, -0.2) is 12.4 Å². The molecule has 4 rings (SSSR count). The topological polar surface area (TPSA) is 9.23 Å². The molecule has 0 aromatic heterocycles. The Labute approximate surface area is 148 Å². The number of fused-ring (bicyclic) bond motifs is 1. The van der Waals surface area contributed by atoms with Crippen LogP contribution in [0.3, 0.4) is 0 Å². The molecular weight excluding hydrogens is 312 g/mol. The summed E-state index contributed by atoms with van der Waals surface area (Å²) in [6.07, 6.45) is 7.60. The molecule has 0 amide bonds. The highest BCUT2D eigenvalue weighted by Crippen LogP contribution is 2.48. The Kier molecular flexibility index (Phi) is 4.48. The fourth-order valence-electron chi connectivity index (χ4n) is 3.62. The summed E-state index contributed by atoms with van der Waals surface area (Å²) < 4.78 is 5.32. The number of rotatable bonds is 3. The normalized spacial score (nSPS) is 20.4. The molecule has 0 saturated heterocycles. The third-order valence-corrected chi connectivity index (χ3v) is 6.31. The Morgan fingerprint density at radius 2 is 1.71 bits per heavy atom. The van der Waals surface area contributed by atoms with E-state index in [1.54, 1.807) is 12.7 Å². The van der Waals surface area contributed by atoms with Crippen molar-refractivity contribution in [1.82, 2.24) is 0 Å². The smallest absolute Gasteiger partial charge is 0.118 e. The van der Waals surface area contributed by atoms with Gasteiger partial charge < -0.3 is 4.74 Å². The largest absolute Gasteiger partial charge is 0.497 e. The first-order valence-electron chi connectivity index (χ1n) is 8.66. The first kappa shape index (κ1) is 15.6. The lowest BCUT2D eigenvalue weighted by atomic mass is 9.87. The summed E-state index contributed by atoms with van der Waals surface area (Å²) in [5.41, 5.74) is 5.71. The van der Waals surface area contributed by atoms with Gasteiger partial charge in [-0.2, -0.15) is 0 Å². The van der Waals surface area contributed by atoms with Gasteiger partial charge in [0.2, 0.25) is 0 Å². The van der Waals surface area contributed by atoms with Crippen molar-refractivity contribution < 1.29 is 4.74 Å². The van der Waals surface area contributed by atoms with Crippen LogP contribution < -0.4 is 4.74 Å². The van der Waals surface area contributed by atoms with Gasteiger partial charge in [0.05, 0.1) is 7.11 Å². The average Bonchev–Trinajstić information content (AvgIpc) is 2.68. The molecule has 1 aliphatic heterocycles. The second-order valence-electron chi connectivity index (χ2n) is 6.39. The maximum atomic E-state index is 5.32. The predicted molar refractivity (Wildman–Crippen MR) is 104 cm³/mol. The van der Waals surface area contributed by atoms with E-state index in [-0.39, 0.29) is 0 Å². The van der Waals surface area contributed by atoms with E-state index in [0.717, 1.165) is 5.75 Å². The molecule has 1 aliphatic carbocycles. The van der Waals surface area contributed by atoms with Gasteiger partial charge in [-0.15, -0.1) is 11.8 Å². The van der Waals surface area contributed by atoms with Crippen LogP contribution in [0.25, 0.3) is 10.5 Å². The van der Waals surface area contributed by atoms with Crippen molar-refractivity contribution in [2.45, 2.75) is 30.9 Å². The van der Waals surface area contributed by atoms with E-state index in [9.17, 15) is 0 Å². The Balaban J connectivity index is 1.79. The maximum Gasteiger partial charge on any atom is 0.118 e. The second-order valence-corrected chi connectivity index (χ2v) is 7.64. The first-order valence-corrected chi connectivity index (χ1v) is 9.54. The maximum absolute atomic E-state index is 5.32. The lowest BCUT2D eigenvalue weighted by Crippen LogP contribution is -2.16. The van der Waals surface area contributed by atoms with E-state index < -0.39 is 0 Å². The minimum atomic E-state index is 0.635. The van der Waals surface area contributed by atoms with Gasteiger partial charge in [-0.25, -0.2) is 0 Å². The summed E-state index contributed by atoms with van der Waals surface area (Å²) >= 11 is 2.05. The van der Waals surface area contributed by atoms with Gasteiger partial charge in [-0.3, -0.25) is 0 Å². The SMILES string of the molecule is COc1ccc(C2=C3CCCCC3SC(c3ccccc3)=C2)cc1. The van der Waals surface area contributed by atoms with E-state index in [2.05, 4.69) is 72.4 Å². The molecule has 2 aromatic carbocycles. The zero-order valence-electron chi connectivity index (χ0n) is 14.0. The summed E-state index contributed by atoms with van der Waals surface area (Å²) in [7, 11) is 1.72. The summed E-state index contributed by atoms with van der Waals surface area (Å²) in [5, 5.41) is 0.635. The highest BCUT2D eigenvalue weighted by Gasteiger charge is 2.28. The van der Waals surface area contributed by atoms with E-state index in [1.165, 1.54) is 47.3 Å². The summed E-state index contributed by atoms with van der Waals surface area (Å²) in [5.74, 6) is 0.919. The van der Waals surface area contributed by atoms with Crippen LogP contribution in [0.5, 0.6) is 5.75 Å². The van der Waals surface area contributed by atoms with E-state index in [4.69, 9.17) is 4.74 Å². The van der Waals surface area contributed by atoms with Gasteiger partial charge in [0, 0.05) is 10.2 Å². The molecule has 1 saturated carbocycles. The van der Waals surface area contributed by atoms with E-state index >= 15 is 0 Å². The quantitative estimate of drug-likeness (QED) is 0.663. The van der Waals surface area contributed by atoms with Crippen molar-refractivity contribution in [3.8, 4) is 5.75 Å². The van der Waals surface area contributed by atoms with Crippen molar-refractivity contribution in [3.63, 3.8) is 0 Å². The van der Waals surface area contributed by atoms with Crippen LogP contribution in [0, 0.1) is 0 Å². The van der Waals surface area contributed by atoms with Crippen LogP contribution >= 0.6 is 11.8 Å². The van der Waals surface area contributed by atoms with Crippen LogP contribution in [0.15, 0.2) is 66.2 Å². The number of thioether (sulfide) groups is 1. The summed E-state index contributed by atoms with van der Waals surface area (Å²) in [6.45, 7) is 0. The minimum Gasteiger partial charge on any atom is -0.497 e. The molecular formula is C22H22OS. The molecule has 0 N–H and O–H groups in total. The van der Waals surface area contributed by atoms with Gasteiger partial charge >= 0.3 is 0 Å². The number of hydrogen-bond acceptors (Lipinski definition) is 2. The van der Waals surface area contributed by atoms with Crippen molar-refractivity contribution in [2.24, 2.45) is 0 Å². The van der Waals surface area contributed by atoms with Crippen LogP contribution in [-0.2, 0) is 0 Å². The predicted octanol–water partition coefficient (Wildman–Crippen LogP) is 6.18. The zero-order chi connectivity index (χ0) is 16.4. The molecule has 122 valence electrons. The van der Waals surface area contributed by atoms with Gasteiger partial charge in [0.15, 0.2) is 0 Å². The molecule has 0 spiro atoms. The number of methoxy groups -OCH3 is 1. The standard InChI is InChI=1S/C22H22OS/c1-23-18-13-11-16(12-14-18)20-15-22(17-7-3-2-4-8-17)24-21-10-6-5-9-19(20)21/h2-4,7-8,11-15,21H,5-6,9-10H2,1H3. The fraction of sp³-hybridized carbons (Fsp3) is 0.273. The van der Waals surface area contributed by atoms with Gasteiger partial charge in [-0.05, 0) is 59.7 Å². The Hall–Kier alpha value is -1.93. The number of hydrogen-bond donors (Lipinski definition) is 0. The Bertz CT molecular complexity index is 771. The van der Waals surface area contributed by atoms with E-state index in [1.807, 2.05) is 0 Å². The van der Waals surface area contributed by atoms with Crippen LogP contribution in [0.4, 0.5) is 0 Å².